The van der Waals surface area contributed by atoms with Crippen LogP contribution in [-0.4, -0.2) is 33.2 Å². The topological polar surface area (TPSA) is 45.8 Å². The normalized spacial score (nSPS) is 17.0. The Kier molecular flexibility index (Phi) is 6.07. The van der Waals surface area contributed by atoms with Crippen LogP contribution < -0.4 is 4.90 Å². The van der Waals surface area contributed by atoms with Gasteiger partial charge in [-0.25, -0.2) is 4.98 Å². The summed E-state index contributed by atoms with van der Waals surface area (Å²) in [4.78, 5) is 17.3. The van der Waals surface area contributed by atoms with Crippen LogP contribution in [0.25, 0.3) is 5.65 Å². The van der Waals surface area contributed by atoms with Crippen molar-refractivity contribution in [1.82, 2.24) is 14.4 Å². The van der Waals surface area contributed by atoms with Gasteiger partial charge in [-0.2, -0.15) is 0 Å². The van der Waals surface area contributed by atoms with Gasteiger partial charge in [-0.05, 0) is 79.2 Å². The lowest BCUT2D eigenvalue weighted by Crippen LogP contribution is -2.21. The zero-order valence-electron chi connectivity index (χ0n) is 19.2. The van der Waals surface area contributed by atoms with E-state index >= 15 is 0 Å². The van der Waals surface area contributed by atoms with Crippen LogP contribution in [0, 0.1) is 0 Å². The van der Waals surface area contributed by atoms with E-state index < -0.39 is 0 Å². The number of hydrogen-bond acceptors (Lipinski definition) is 4. The molecular weight excluding hydrogens is 370 g/mol. The molecule has 0 bridgehead atoms. The number of aryl methyl sites for hydroxylation is 1. The molecule has 2 fully saturated rings. The lowest BCUT2D eigenvalue weighted by Gasteiger charge is -2.19. The van der Waals surface area contributed by atoms with Gasteiger partial charge in [0.2, 0.25) is 0 Å². The van der Waals surface area contributed by atoms with E-state index in [1.807, 2.05) is 6.20 Å². The van der Waals surface area contributed by atoms with E-state index in [0.717, 1.165) is 37.3 Å². The number of anilines is 1. The molecule has 0 aromatic carbocycles. The van der Waals surface area contributed by atoms with Crippen LogP contribution in [0.4, 0.5) is 5.82 Å². The van der Waals surface area contributed by atoms with E-state index in [0.29, 0.717) is 5.92 Å². The number of imidazole rings is 1. The fourth-order valence-corrected chi connectivity index (χ4v) is 4.42. The number of allylic oxidation sites excluding steroid dienone is 4. The Morgan fingerprint density at radius 1 is 1.13 bits per heavy atom. The summed E-state index contributed by atoms with van der Waals surface area (Å²) in [6.07, 6.45) is 13.0. The molecule has 2 aliphatic rings. The van der Waals surface area contributed by atoms with Crippen molar-refractivity contribution in [3.05, 3.63) is 46.7 Å². The van der Waals surface area contributed by atoms with Crippen LogP contribution >= 0.6 is 0 Å². The van der Waals surface area contributed by atoms with E-state index in [9.17, 15) is 0 Å². The van der Waals surface area contributed by atoms with E-state index in [2.05, 4.69) is 56.2 Å². The van der Waals surface area contributed by atoms with Crippen molar-refractivity contribution in [1.29, 1.82) is 0 Å². The van der Waals surface area contributed by atoms with E-state index in [4.69, 9.17) is 15.0 Å². The lowest BCUT2D eigenvalue weighted by atomic mass is 10.1. The van der Waals surface area contributed by atoms with Gasteiger partial charge < -0.3 is 4.90 Å². The number of nitrogens with zero attached hydrogens (tertiary/aromatic N) is 5. The molecule has 0 amide bonds. The van der Waals surface area contributed by atoms with Gasteiger partial charge in [-0.15, -0.1) is 0 Å². The fourth-order valence-electron chi connectivity index (χ4n) is 4.42. The van der Waals surface area contributed by atoms with E-state index in [-0.39, 0.29) is 0 Å². The zero-order chi connectivity index (χ0) is 21.3. The van der Waals surface area contributed by atoms with Gasteiger partial charge in [-0.3, -0.25) is 14.4 Å². The molecule has 4 rings (SSSR count). The maximum Gasteiger partial charge on any atom is 0.160 e. The van der Waals surface area contributed by atoms with Crippen molar-refractivity contribution in [3.8, 4) is 0 Å². The van der Waals surface area contributed by atoms with Crippen LogP contribution in [0.3, 0.4) is 0 Å². The summed E-state index contributed by atoms with van der Waals surface area (Å²) in [5.74, 6) is 1.88. The Hall–Kier alpha value is -2.43. The first-order valence-electron chi connectivity index (χ1n) is 11.4. The third-order valence-electron chi connectivity index (χ3n) is 5.97. The second kappa shape index (κ2) is 8.75. The first-order chi connectivity index (χ1) is 14.4. The lowest BCUT2D eigenvalue weighted by molar-refractivity contribution is 0.855. The maximum absolute atomic E-state index is 5.15. The molecule has 1 saturated heterocycles. The molecule has 5 nitrogen and oxygen atoms in total. The predicted molar refractivity (Wildman–Crippen MR) is 126 cm³/mol. The minimum absolute atomic E-state index is 0.597. The van der Waals surface area contributed by atoms with Gasteiger partial charge in [0.25, 0.3) is 0 Å². The molecule has 0 N–H and O–H groups in total. The van der Waals surface area contributed by atoms with Gasteiger partial charge >= 0.3 is 0 Å². The van der Waals surface area contributed by atoms with Crippen LogP contribution in [0.2, 0.25) is 0 Å². The molecule has 1 aliphatic heterocycles. The minimum atomic E-state index is 0.597. The third-order valence-corrected chi connectivity index (χ3v) is 5.97. The summed E-state index contributed by atoms with van der Waals surface area (Å²) in [7, 11) is 0. The molecule has 1 saturated carbocycles. The average Bonchev–Trinajstić information content (AvgIpc) is 3.25. The van der Waals surface area contributed by atoms with Crippen LogP contribution in [0.1, 0.15) is 84.0 Å². The molecule has 3 heterocycles. The number of hydrogen-bond donors (Lipinski definition) is 0. The number of aliphatic imine (C=N–C) groups is 1. The third kappa shape index (κ3) is 4.50. The van der Waals surface area contributed by atoms with Crippen molar-refractivity contribution in [2.45, 2.75) is 79.1 Å². The Morgan fingerprint density at radius 2 is 1.87 bits per heavy atom. The van der Waals surface area contributed by atoms with Gasteiger partial charge in [0, 0.05) is 42.8 Å². The summed E-state index contributed by atoms with van der Waals surface area (Å²) in [6, 6.07) is 0. The Bertz CT molecular complexity index is 1010. The van der Waals surface area contributed by atoms with Crippen molar-refractivity contribution < 1.29 is 0 Å². The quantitative estimate of drug-likeness (QED) is 0.542. The van der Waals surface area contributed by atoms with Gasteiger partial charge in [-0.1, -0.05) is 11.1 Å². The van der Waals surface area contributed by atoms with Crippen molar-refractivity contribution in [3.63, 3.8) is 0 Å². The second-order valence-electron chi connectivity index (χ2n) is 9.28. The molecule has 0 radical (unpaired) electrons. The van der Waals surface area contributed by atoms with Gasteiger partial charge in [0.1, 0.15) is 5.82 Å². The zero-order valence-corrected chi connectivity index (χ0v) is 19.2. The Morgan fingerprint density at radius 3 is 2.50 bits per heavy atom. The first-order valence-corrected chi connectivity index (χ1v) is 11.4. The van der Waals surface area contributed by atoms with E-state index in [1.54, 1.807) is 0 Å². The largest absolute Gasteiger partial charge is 0.356 e. The maximum atomic E-state index is 5.15. The standard InChI is InChI=1S/C25H35N5/c1-17(2)16-19(5)27-21(18(3)4)10-11-22-25(29-13-6-7-14-29)30-15-12-26-23(20-8-9-20)24(30)28-22/h12,15-16,20H,6-11,13-14H2,1-5H3/b27-19-. The number of fused-ring (bicyclic) bond motifs is 1. The SMILES string of the molecule is CC(C)=C/C(C)=N\C(CCc1nc2c(C3CC3)nccn2c1N1CCCC1)=C(C)C. The van der Waals surface area contributed by atoms with Gasteiger partial charge in [0.05, 0.1) is 11.4 Å². The molecule has 2 aromatic rings. The fraction of sp³-hybridized carbons (Fsp3) is 0.560. The monoisotopic (exact) mass is 405 g/mol. The van der Waals surface area contributed by atoms with Crippen molar-refractivity contribution in [2.24, 2.45) is 4.99 Å². The van der Waals surface area contributed by atoms with Crippen molar-refractivity contribution in [2.75, 3.05) is 18.0 Å². The van der Waals surface area contributed by atoms with Crippen LogP contribution in [0.15, 0.2) is 40.3 Å². The molecule has 0 spiro atoms. The summed E-state index contributed by atoms with van der Waals surface area (Å²) in [6.45, 7) is 12.9. The highest BCUT2D eigenvalue weighted by Crippen LogP contribution is 2.41. The van der Waals surface area contributed by atoms with E-state index in [1.165, 1.54) is 59.7 Å². The summed E-state index contributed by atoms with van der Waals surface area (Å²) in [5, 5.41) is 0. The van der Waals surface area contributed by atoms with Crippen molar-refractivity contribution >= 4 is 17.2 Å². The highest BCUT2D eigenvalue weighted by Gasteiger charge is 2.30. The minimum Gasteiger partial charge on any atom is -0.356 e. The molecule has 0 unspecified atom stereocenters. The predicted octanol–water partition coefficient (Wildman–Crippen LogP) is 5.86. The smallest absolute Gasteiger partial charge is 0.160 e. The van der Waals surface area contributed by atoms with Gasteiger partial charge in [0.15, 0.2) is 5.65 Å². The molecule has 30 heavy (non-hydrogen) atoms. The highest BCUT2D eigenvalue weighted by molar-refractivity contribution is 5.94. The molecular formula is C25H35N5. The molecule has 0 atom stereocenters. The molecule has 5 heteroatoms. The van der Waals surface area contributed by atoms with Crippen LogP contribution in [-0.2, 0) is 6.42 Å². The number of aromatic nitrogens is 3. The molecule has 2 aromatic heterocycles. The average molecular weight is 406 g/mol. The number of rotatable bonds is 7. The Balaban J connectivity index is 1.67. The molecule has 160 valence electrons. The first kappa shape index (κ1) is 20.8. The summed E-state index contributed by atoms with van der Waals surface area (Å²) < 4.78 is 2.31. The Labute approximate surface area is 180 Å². The molecule has 1 aliphatic carbocycles. The second-order valence-corrected chi connectivity index (χ2v) is 9.28. The highest BCUT2D eigenvalue weighted by atomic mass is 15.3. The summed E-state index contributed by atoms with van der Waals surface area (Å²) >= 11 is 0. The summed E-state index contributed by atoms with van der Waals surface area (Å²) in [5.41, 5.74) is 8.25. The van der Waals surface area contributed by atoms with Crippen LogP contribution in [0.5, 0.6) is 0 Å².